The van der Waals surface area contributed by atoms with Gasteiger partial charge in [0.25, 0.3) is 11.7 Å². The van der Waals surface area contributed by atoms with Gasteiger partial charge in [-0.2, -0.15) is 0 Å². The molecule has 1 aliphatic rings. The van der Waals surface area contributed by atoms with Crippen LogP contribution in [0.3, 0.4) is 0 Å². The van der Waals surface area contributed by atoms with Gasteiger partial charge >= 0.3 is 0 Å². The third-order valence-corrected chi connectivity index (χ3v) is 8.34. The summed E-state index contributed by atoms with van der Waals surface area (Å²) >= 11 is 1.49. The highest BCUT2D eigenvalue weighted by Crippen LogP contribution is 2.43. The number of thiophene rings is 1. The zero-order chi connectivity index (χ0) is 27.2. The van der Waals surface area contributed by atoms with Gasteiger partial charge in [0.15, 0.2) is 0 Å². The first-order valence-electron chi connectivity index (χ1n) is 12.7. The fourth-order valence-corrected chi connectivity index (χ4v) is 6.27. The predicted molar refractivity (Wildman–Crippen MR) is 152 cm³/mol. The van der Waals surface area contributed by atoms with Gasteiger partial charge in [-0.05, 0) is 65.6 Å². The SMILES string of the molecule is COc1ccc(/C(O)=C2/C(=O)C(=O)N(CCc3c[nH]c4ccccc34)C2c2sccc2C)cc1C(C)(C)C. The van der Waals surface area contributed by atoms with Gasteiger partial charge in [-0.25, -0.2) is 0 Å². The van der Waals surface area contributed by atoms with E-state index in [4.69, 9.17) is 4.74 Å². The third kappa shape index (κ3) is 4.41. The summed E-state index contributed by atoms with van der Waals surface area (Å²) in [4.78, 5) is 32.7. The van der Waals surface area contributed by atoms with Crippen LogP contribution in [0.25, 0.3) is 16.7 Å². The van der Waals surface area contributed by atoms with E-state index in [-0.39, 0.29) is 16.7 Å². The van der Waals surface area contributed by atoms with E-state index in [2.05, 4.69) is 25.8 Å². The monoisotopic (exact) mass is 528 g/mol. The van der Waals surface area contributed by atoms with Crippen LogP contribution in [-0.4, -0.2) is 40.3 Å². The maximum Gasteiger partial charge on any atom is 0.295 e. The number of H-pyrrole nitrogens is 1. The molecule has 2 aromatic heterocycles. The largest absolute Gasteiger partial charge is 0.507 e. The Morgan fingerprint density at radius 2 is 1.89 bits per heavy atom. The van der Waals surface area contributed by atoms with Crippen LogP contribution >= 0.6 is 11.3 Å². The molecule has 1 aliphatic heterocycles. The Balaban J connectivity index is 1.59. The number of hydrogen-bond donors (Lipinski definition) is 2. The Morgan fingerprint density at radius 1 is 1.13 bits per heavy atom. The number of hydrogen-bond acceptors (Lipinski definition) is 5. The molecule has 0 saturated carbocycles. The lowest BCUT2D eigenvalue weighted by atomic mass is 9.84. The summed E-state index contributed by atoms with van der Waals surface area (Å²) in [6, 6.07) is 14.7. The number of nitrogens with zero attached hydrogens (tertiary/aromatic N) is 1. The zero-order valence-electron chi connectivity index (χ0n) is 22.3. The summed E-state index contributed by atoms with van der Waals surface area (Å²) in [5.74, 6) is -0.705. The second kappa shape index (κ2) is 9.80. The number of aromatic amines is 1. The van der Waals surface area contributed by atoms with E-state index in [9.17, 15) is 14.7 Å². The van der Waals surface area contributed by atoms with Crippen LogP contribution in [0.1, 0.15) is 53.9 Å². The lowest BCUT2D eigenvalue weighted by Gasteiger charge is -2.25. The number of likely N-dealkylation sites (tertiary alicyclic amines) is 1. The van der Waals surface area contributed by atoms with Crippen LogP contribution in [0.4, 0.5) is 0 Å². The first kappa shape index (κ1) is 25.8. The number of Topliss-reactive ketones (excluding diaryl/α,β-unsaturated/α-hetero) is 1. The van der Waals surface area contributed by atoms with Gasteiger partial charge in [-0.15, -0.1) is 11.3 Å². The Labute approximate surface area is 226 Å². The number of nitrogens with one attached hydrogen (secondary N) is 1. The lowest BCUT2D eigenvalue weighted by molar-refractivity contribution is -0.139. The number of ether oxygens (including phenoxy) is 1. The molecule has 196 valence electrons. The van der Waals surface area contributed by atoms with E-state index >= 15 is 0 Å². The molecule has 0 spiro atoms. The standard InChI is InChI=1S/C31H32N2O4S/c1-18-13-15-38-29(18)26-25(27(34)19-10-11-24(37-5)22(16-19)31(2,3)4)28(35)30(36)33(26)14-12-20-17-32-23-9-7-6-8-21(20)23/h6-11,13,15-17,26,32,34H,12,14H2,1-5H3/b27-25-. The highest BCUT2D eigenvalue weighted by Gasteiger charge is 2.47. The van der Waals surface area contributed by atoms with Gasteiger partial charge in [0.1, 0.15) is 11.5 Å². The van der Waals surface area contributed by atoms with Gasteiger partial charge < -0.3 is 19.7 Å². The molecule has 38 heavy (non-hydrogen) atoms. The molecular weight excluding hydrogens is 496 g/mol. The van der Waals surface area contributed by atoms with E-state index < -0.39 is 17.7 Å². The van der Waals surface area contributed by atoms with Gasteiger partial charge in [-0.1, -0.05) is 39.0 Å². The van der Waals surface area contributed by atoms with E-state index in [1.165, 1.54) is 11.3 Å². The number of aliphatic hydroxyl groups excluding tert-OH is 1. The number of benzene rings is 2. The Bertz CT molecular complexity index is 1570. The van der Waals surface area contributed by atoms with Crippen molar-refractivity contribution in [1.29, 1.82) is 0 Å². The van der Waals surface area contributed by atoms with Gasteiger partial charge in [0.05, 0.1) is 18.7 Å². The van der Waals surface area contributed by atoms with Crippen molar-refractivity contribution < 1.29 is 19.4 Å². The van der Waals surface area contributed by atoms with Crippen molar-refractivity contribution in [2.75, 3.05) is 13.7 Å². The average molecular weight is 529 g/mol. The molecule has 2 aromatic carbocycles. The van der Waals surface area contributed by atoms with Crippen molar-refractivity contribution in [3.63, 3.8) is 0 Å². The van der Waals surface area contributed by atoms with Crippen LogP contribution in [0.15, 0.2) is 65.7 Å². The van der Waals surface area contributed by atoms with Gasteiger partial charge in [0, 0.05) is 39.6 Å². The summed E-state index contributed by atoms with van der Waals surface area (Å²) in [7, 11) is 1.61. The van der Waals surface area contributed by atoms with E-state index in [1.54, 1.807) is 24.1 Å². The van der Waals surface area contributed by atoms with Crippen LogP contribution in [0.5, 0.6) is 5.75 Å². The number of carbonyl (C=O) groups is 2. The zero-order valence-corrected chi connectivity index (χ0v) is 23.1. The fraction of sp³-hybridized carbons (Fsp3) is 0.290. The van der Waals surface area contributed by atoms with Crippen molar-refractivity contribution in [2.24, 2.45) is 0 Å². The normalized spacial score (nSPS) is 17.5. The fourth-order valence-electron chi connectivity index (χ4n) is 5.22. The summed E-state index contributed by atoms with van der Waals surface area (Å²) in [5, 5.41) is 14.6. The first-order chi connectivity index (χ1) is 18.1. The lowest BCUT2D eigenvalue weighted by Crippen LogP contribution is -2.31. The number of carbonyl (C=O) groups excluding carboxylic acids is 2. The molecule has 7 heteroatoms. The molecule has 1 amide bonds. The molecule has 1 atom stereocenters. The molecule has 0 bridgehead atoms. The minimum atomic E-state index is -0.660. The molecule has 1 fully saturated rings. The highest BCUT2D eigenvalue weighted by atomic mass is 32.1. The first-order valence-corrected chi connectivity index (χ1v) is 13.6. The average Bonchev–Trinajstić information content (AvgIpc) is 3.58. The quantitative estimate of drug-likeness (QED) is 0.170. The second-order valence-corrected chi connectivity index (χ2v) is 11.7. The second-order valence-electron chi connectivity index (χ2n) is 10.7. The van der Waals surface area contributed by atoms with E-state index in [1.807, 2.05) is 54.9 Å². The smallest absolute Gasteiger partial charge is 0.295 e. The number of para-hydroxylation sites is 1. The Hall–Kier alpha value is -3.84. The Morgan fingerprint density at radius 3 is 2.58 bits per heavy atom. The van der Waals surface area contributed by atoms with Crippen molar-refractivity contribution in [1.82, 2.24) is 9.88 Å². The molecule has 2 N–H and O–H groups in total. The van der Waals surface area contributed by atoms with Crippen LogP contribution in [-0.2, 0) is 21.4 Å². The predicted octanol–water partition coefficient (Wildman–Crippen LogP) is 6.51. The number of methoxy groups -OCH3 is 1. The van der Waals surface area contributed by atoms with E-state index in [0.29, 0.717) is 24.3 Å². The molecule has 0 aliphatic carbocycles. The minimum Gasteiger partial charge on any atom is -0.507 e. The summed E-state index contributed by atoms with van der Waals surface area (Å²) in [5.41, 5.74) is 4.36. The van der Waals surface area contributed by atoms with Gasteiger partial charge in [0.2, 0.25) is 0 Å². The number of ketones is 1. The molecule has 5 rings (SSSR count). The number of aromatic nitrogens is 1. The molecule has 4 aromatic rings. The number of aliphatic hydroxyl groups is 1. The molecule has 1 saturated heterocycles. The molecular formula is C31H32N2O4S. The highest BCUT2D eigenvalue weighted by molar-refractivity contribution is 7.10. The van der Waals surface area contributed by atoms with Crippen molar-refractivity contribution in [3.05, 3.63) is 92.8 Å². The number of aryl methyl sites for hydroxylation is 1. The summed E-state index contributed by atoms with van der Waals surface area (Å²) in [6.45, 7) is 8.51. The van der Waals surface area contributed by atoms with Crippen LogP contribution < -0.4 is 4.74 Å². The van der Waals surface area contributed by atoms with Crippen molar-refractivity contribution in [3.8, 4) is 5.75 Å². The minimum absolute atomic E-state index is 0.129. The van der Waals surface area contributed by atoms with Crippen molar-refractivity contribution in [2.45, 2.75) is 45.6 Å². The van der Waals surface area contributed by atoms with Gasteiger partial charge in [-0.3, -0.25) is 9.59 Å². The third-order valence-electron chi connectivity index (χ3n) is 7.27. The maximum atomic E-state index is 13.5. The Kier molecular flexibility index (Phi) is 6.65. The molecule has 3 heterocycles. The number of amides is 1. The molecule has 6 nitrogen and oxygen atoms in total. The van der Waals surface area contributed by atoms with Crippen LogP contribution in [0, 0.1) is 6.92 Å². The molecule has 1 unspecified atom stereocenters. The summed E-state index contributed by atoms with van der Waals surface area (Å²) < 4.78 is 5.55. The van der Waals surface area contributed by atoms with E-state index in [0.717, 1.165) is 32.5 Å². The van der Waals surface area contributed by atoms with Crippen LogP contribution in [0.2, 0.25) is 0 Å². The summed E-state index contributed by atoms with van der Waals surface area (Å²) in [6.07, 6.45) is 2.53. The van der Waals surface area contributed by atoms with Crippen molar-refractivity contribution >= 4 is 39.7 Å². The number of fused-ring (bicyclic) bond motifs is 1. The topological polar surface area (TPSA) is 82.6 Å². The number of rotatable bonds is 6. The molecule has 0 radical (unpaired) electrons. The maximum absolute atomic E-state index is 13.5.